The second-order valence-electron chi connectivity index (χ2n) is 7.25. The van der Waals surface area contributed by atoms with Crippen molar-refractivity contribution in [2.75, 3.05) is 11.9 Å². The molecular formula is C21H17F2N7O2. The van der Waals surface area contributed by atoms with Crippen molar-refractivity contribution < 1.29 is 18.4 Å². The number of rotatable bonds is 3. The molecule has 3 N–H and O–H groups in total. The molecule has 11 heteroatoms. The first kappa shape index (κ1) is 20.9. The Balaban J connectivity index is 1.61. The van der Waals surface area contributed by atoms with E-state index < -0.39 is 23.7 Å². The first-order chi connectivity index (χ1) is 15.3. The molecule has 3 aromatic rings. The van der Waals surface area contributed by atoms with E-state index in [1.807, 2.05) is 0 Å². The third-order valence-electron chi connectivity index (χ3n) is 5.14. The summed E-state index contributed by atoms with van der Waals surface area (Å²) in [6.07, 6.45) is 1.27. The standard InChI is InChI=1S/C21H17F2N7O2/c1-11-6-13(9-26-19(11)23)18-17(20(25)31)16-10-29(4-5-30(16)28-18)21(32)27-14-3-2-12(8-24)15(22)7-14/h2-3,6-7,9H,4-5,10H2,1H3,(H2,25,31)(H,27,32). The third kappa shape index (κ3) is 3.74. The van der Waals surface area contributed by atoms with Crippen LogP contribution in [0.25, 0.3) is 11.3 Å². The molecule has 0 spiro atoms. The number of fused-ring (bicyclic) bond motifs is 1. The van der Waals surface area contributed by atoms with Gasteiger partial charge in [-0.1, -0.05) is 0 Å². The van der Waals surface area contributed by atoms with Gasteiger partial charge in [0.15, 0.2) is 0 Å². The van der Waals surface area contributed by atoms with Crippen LogP contribution in [0.15, 0.2) is 30.5 Å². The van der Waals surface area contributed by atoms with Crippen molar-refractivity contribution >= 4 is 17.6 Å². The topological polar surface area (TPSA) is 130 Å². The molecule has 162 valence electrons. The highest BCUT2D eigenvalue weighted by Gasteiger charge is 2.30. The summed E-state index contributed by atoms with van der Waals surface area (Å²) < 4.78 is 29.0. The molecule has 0 unspecified atom stereocenters. The molecule has 4 rings (SSSR count). The maximum absolute atomic E-state index is 13.8. The highest BCUT2D eigenvalue weighted by molar-refractivity contribution is 6.00. The van der Waals surface area contributed by atoms with Gasteiger partial charge in [0.05, 0.1) is 29.9 Å². The number of anilines is 1. The van der Waals surface area contributed by atoms with Crippen LogP contribution in [0.1, 0.15) is 27.2 Å². The Labute approximate surface area is 181 Å². The average Bonchev–Trinajstić information content (AvgIpc) is 3.14. The van der Waals surface area contributed by atoms with E-state index in [0.29, 0.717) is 23.4 Å². The summed E-state index contributed by atoms with van der Waals surface area (Å²) in [5.74, 6) is -2.11. The minimum absolute atomic E-state index is 0.0312. The number of urea groups is 1. The highest BCUT2D eigenvalue weighted by Crippen LogP contribution is 2.29. The van der Waals surface area contributed by atoms with E-state index in [0.717, 1.165) is 6.07 Å². The molecule has 3 heterocycles. The molecule has 3 amide bonds. The fraction of sp³-hybridized carbons (Fsp3) is 0.190. The number of carbonyl (C=O) groups excluding carboxylic acids is 2. The maximum atomic E-state index is 13.8. The number of nitriles is 1. The van der Waals surface area contributed by atoms with E-state index in [1.165, 1.54) is 29.3 Å². The Hall–Kier alpha value is -4.33. The van der Waals surface area contributed by atoms with E-state index in [4.69, 9.17) is 11.0 Å². The van der Waals surface area contributed by atoms with Crippen LogP contribution >= 0.6 is 0 Å². The Morgan fingerprint density at radius 3 is 2.69 bits per heavy atom. The van der Waals surface area contributed by atoms with Crippen molar-refractivity contribution in [3.8, 4) is 17.3 Å². The minimum atomic E-state index is -0.745. The van der Waals surface area contributed by atoms with Crippen molar-refractivity contribution in [3.05, 3.63) is 64.6 Å². The second kappa shape index (κ2) is 8.07. The number of nitrogens with zero attached hydrogens (tertiary/aromatic N) is 5. The van der Waals surface area contributed by atoms with E-state index in [1.54, 1.807) is 17.7 Å². The van der Waals surface area contributed by atoms with Crippen LogP contribution < -0.4 is 11.1 Å². The molecule has 0 atom stereocenters. The summed E-state index contributed by atoms with van der Waals surface area (Å²) in [5.41, 5.74) is 7.21. The molecule has 1 aliphatic rings. The molecular weight excluding hydrogens is 420 g/mol. The summed E-state index contributed by atoms with van der Waals surface area (Å²) in [6.45, 7) is 2.14. The van der Waals surface area contributed by atoms with Crippen LogP contribution in [0.2, 0.25) is 0 Å². The fourth-order valence-electron chi connectivity index (χ4n) is 3.53. The van der Waals surface area contributed by atoms with Crippen LogP contribution in [-0.4, -0.2) is 38.1 Å². The average molecular weight is 437 g/mol. The van der Waals surface area contributed by atoms with Crippen LogP contribution in [0.4, 0.5) is 19.3 Å². The van der Waals surface area contributed by atoms with Crippen LogP contribution in [0.3, 0.4) is 0 Å². The number of nitrogens with one attached hydrogen (secondary N) is 1. The van der Waals surface area contributed by atoms with Crippen LogP contribution in [-0.2, 0) is 13.1 Å². The number of hydrogen-bond acceptors (Lipinski definition) is 5. The van der Waals surface area contributed by atoms with E-state index in [9.17, 15) is 18.4 Å². The number of nitrogens with two attached hydrogens (primary N) is 1. The van der Waals surface area contributed by atoms with E-state index >= 15 is 0 Å². The number of halogens is 2. The van der Waals surface area contributed by atoms with Gasteiger partial charge in [0.2, 0.25) is 5.95 Å². The molecule has 0 saturated heterocycles. The van der Waals surface area contributed by atoms with Gasteiger partial charge in [-0.25, -0.2) is 14.2 Å². The van der Waals surface area contributed by atoms with Crippen LogP contribution in [0.5, 0.6) is 0 Å². The van der Waals surface area contributed by atoms with Gasteiger partial charge >= 0.3 is 6.03 Å². The number of aryl methyl sites for hydroxylation is 1. The summed E-state index contributed by atoms with van der Waals surface area (Å²) >= 11 is 0. The van der Waals surface area contributed by atoms with Gasteiger partial charge in [0, 0.05) is 29.6 Å². The molecule has 2 aromatic heterocycles. The van der Waals surface area contributed by atoms with Gasteiger partial charge < -0.3 is 16.0 Å². The van der Waals surface area contributed by atoms with Crippen molar-refractivity contribution in [1.29, 1.82) is 5.26 Å². The maximum Gasteiger partial charge on any atom is 0.322 e. The van der Waals surface area contributed by atoms with Crippen molar-refractivity contribution in [1.82, 2.24) is 19.7 Å². The molecule has 0 radical (unpaired) electrons. The predicted octanol–water partition coefficient (Wildman–Crippen LogP) is 2.55. The molecule has 0 fully saturated rings. The molecule has 32 heavy (non-hydrogen) atoms. The smallest absolute Gasteiger partial charge is 0.322 e. The largest absolute Gasteiger partial charge is 0.365 e. The lowest BCUT2D eigenvalue weighted by atomic mass is 10.0. The molecule has 9 nitrogen and oxygen atoms in total. The van der Waals surface area contributed by atoms with Gasteiger partial charge in [-0.05, 0) is 31.2 Å². The summed E-state index contributed by atoms with van der Waals surface area (Å²) in [4.78, 5) is 30.1. The Kier molecular flexibility index (Phi) is 5.28. The Morgan fingerprint density at radius 2 is 2.03 bits per heavy atom. The lowest BCUT2D eigenvalue weighted by Crippen LogP contribution is -2.41. The summed E-state index contributed by atoms with van der Waals surface area (Å²) in [6, 6.07) is 6.47. The van der Waals surface area contributed by atoms with Crippen LogP contribution in [0, 0.1) is 30.0 Å². The number of benzene rings is 1. The monoisotopic (exact) mass is 437 g/mol. The molecule has 1 aromatic carbocycles. The molecule has 0 saturated carbocycles. The van der Waals surface area contributed by atoms with E-state index in [2.05, 4.69) is 15.4 Å². The number of primary amides is 1. The molecule has 0 bridgehead atoms. The van der Waals surface area contributed by atoms with Gasteiger partial charge in [0.25, 0.3) is 5.91 Å². The lowest BCUT2D eigenvalue weighted by Gasteiger charge is -2.28. The second-order valence-corrected chi connectivity index (χ2v) is 7.25. The predicted molar refractivity (Wildman–Crippen MR) is 109 cm³/mol. The normalized spacial score (nSPS) is 12.8. The third-order valence-corrected chi connectivity index (χ3v) is 5.14. The van der Waals surface area contributed by atoms with Gasteiger partial charge in [0.1, 0.15) is 17.6 Å². The van der Waals surface area contributed by atoms with Gasteiger partial charge in [-0.2, -0.15) is 14.8 Å². The quantitative estimate of drug-likeness (QED) is 0.608. The van der Waals surface area contributed by atoms with Gasteiger partial charge in [-0.15, -0.1) is 0 Å². The molecule has 0 aliphatic carbocycles. The lowest BCUT2D eigenvalue weighted by molar-refractivity contribution is 0.0997. The SMILES string of the molecule is Cc1cc(-c2nn3c(c2C(N)=O)CN(C(=O)Nc2ccc(C#N)c(F)c2)CC3)cnc1F. The fourth-order valence-corrected chi connectivity index (χ4v) is 3.53. The minimum Gasteiger partial charge on any atom is -0.365 e. The first-order valence-corrected chi connectivity index (χ1v) is 9.56. The number of amides is 3. The summed E-state index contributed by atoms with van der Waals surface area (Å²) in [5, 5.41) is 15.8. The summed E-state index contributed by atoms with van der Waals surface area (Å²) in [7, 11) is 0. The Morgan fingerprint density at radius 1 is 1.25 bits per heavy atom. The molecule has 1 aliphatic heterocycles. The van der Waals surface area contributed by atoms with E-state index in [-0.39, 0.29) is 35.6 Å². The number of carbonyl (C=O) groups is 2. The van der Waals surface area contributed by atoms with Gasteiger partial charge in [-0.3, -0.25) is 9.48 Å². The highest BCUT2D eigenvalue weighted by atomic mass is 19.1. The Bertz CT molecular complexity index is 1300. The zero-order valence-electron chi connectivity index (χ0n) is 16.9. The first-order valence-electron chi connectivity index (χ1n) is 9.56. The number of pyridine rings is 1. The zero-order chi connectivity index (χ0) is 23.0. The number of aromatic nitrogens is 3. The number of hydrogen-bond donors (Lipinski definition) is 2. The van der Waals surface area contributed by atoms with Crippen molar-refractivity contribution in [2.24, 2.45) is 5.73 Å². The zero-order valence-corrected chi connectivity index (χ0v) is 16.9. The van der Waals surface area contributed by atoms with Crippen molar-refractivity contribution in [3.63, 3.8) is 0 Å². The van der Waals surface area contributed by atoms with Crippen molar-refractivity contribution in [2.45, 2.75) is 20.0 Å².